The topological polar surface area (TPSA) is 90.6 Å². The molecule has 3 heterocycles. The fraction of sp³-hybridized carbons (Fsp3) is 0.480. The minimum absolute atomic E-state index is 0.0212. The van der Waals surface area contributed by atoms with Crippen LogP contribution in [0.3, 0.4) is 0 Å². The van der Waals surface area contributed by atoms with E-state index in [1.165, 1.54) is 0 Å². The molecule has 0 aromatic carbocycles. The van der Waals surface area contributed by atoms with Crippen molar-refractivity contribution in [1.82, 2.24) is 20.2 Å². The summed E-state index contributed by atoms with van der Waals surface area (Å²) in [6, 6.07) is 6.10. The van der Waals surface area contributed by atoms with Gasteiger partial charge >= 0.3 is 0 Å². The van der Waals surface area contributed by atoms with E-state index in [2.05, 4.69) is 34.0 Å². The van der Waals surface area contributed by atoms with Crippen molar-refractivity contribution in [2.45, 2.75) is 45.7 Å². The van der Waals surface area contributed by atoms with Gasteiger partial charge in [0, 0.05) is 68.4 Å². The number of nitrogens with zero attached hydrogens (tertiary/aromatic N) is 3. The first kappa shape index (κ1) is 24.5. The van der Waals surface area contributed by atoms with Gasteiger partial charge in [0.25, 0.3) is 5.56 Å². The molecule has 1 saturated heterocycles. The highest BCUT2D eigenvalue weighted by molar-refractivity contribution is 5.87. The molecular formula is C25H35N5O3. The maximum atomic E-state index is 12.8. The summed E-state index contributed by atoms with van der Waals surface area (Å²) < 4.78 is 5.23. The van der Waals surface area contributed by atoms with E-state index in [9.17, 15) is 9.59 Å². The van der Waals surface area contributed by atoms with Crippen molar-refractivity contribution in [2.75, 3.05) is 38.2 Å². The fourth-order valence-electron chi connectivity index (χ4n) is 4.16. The van der Waals surface area contributed by atoms with Crippen LogP contribution in [0.1, 0.15) is 33.6 Å². The van der Waals surface area contributed by atoms with Gasteiger partial charge in [0.05, 0.1) is 7.11 Å². The number of H-pyrrole nitrogens is 1. The van der Waals surface area contributed by atoms with Crippen LogP contribution < -0.4 is 20.5 Å². The number of aromatic amines is 1. The van der Waals surface area contributed by atoms with Crippen LogP contribution in [0.5, 0.6) is 5.88 Å². The first-order valence-electron chi connectivity index (χ1n) is 11.6. The van der Waals surface area contributed by atoms with Crippen molar-refractivity contribution in [3.05, 3.63) is 53.1 Å². The number of hydrogen-bond donors (Lipinski definition) is 2. The molecule has 0 aliphatic carbocycles. The van der Waals surface area contributed by atoms with Gasteiger partial charge in [-0.2, -0.15) is 0 Å². The highest BCUT2D eigenvalue weighted by Gasteiger charge is 2.28. The highest BCUT2D eigenvalue weighted by Crippen LogP contribution is 2.26. The molecule has 178 valence electrons. The molecule has 1 aliphatic rings. The number of aromatic nitrogens is 2. The van der Waals surface area contributed by atoms with Crippen LogP contribution in [0.15, 0.2) is 47.5 Å². The molecule has 8 nitrogen and oxygen atoms in total. The SMILES string of the molecule is CCN(c1cc(-c2ccnc(OC)c2)c[nH]c1=O)C1CCCN(C(=O)/C=C/CNC(C)C)C1. The minimum atomic E-state index is -0.135. The Bertz CT molecular complexity index is 1020. The minimum Gasteiger partial charge on any atom is -0.481 e. The number of nitrogens with one attached hydrogen (secondary N) is 2. The molecule has 1 unspecified atom stereocenters. The molecule has 0 spiro atoms. The molecule has 1 amide bonds. The van der Waals surface area contributed by atoms with Gasteiger partial charge in [-0.15, -0.1) is 0 Å². The normalized spacial score (nSPS) is 16.4. The number of pyridine rings is 2. The van der Waals surface area contributed by atoms with E-state index in [1.54, 1.807) is 25.6 Å². The molecule has 3 rings (SSSR count). The lowest BCUT2D eigenvalue weighted by atomic mass is 10.0. The summed E-state index contributed by atoms with van der Waals surface area (Å²) in [7, 11) is 1.58. The molecule has 2 N–H and O–H groups in total. The summed E-state index contributed by atoms with van der Waals surface area (Å²) in [6.07, 6.45) is 8.76. The number of hydrogen-bond acceptors (Lipinski definition) is 6. The lowest BCUT2D eigenvalue weighted by Crippen LogP contribution is -2.50. The van der Waals surface area contributed by atoms with Crippen LogP contribution in [-0.4, -0.2) is 66.1 Å². The van der Waals surface area contributed by atoms with Gasteiger partial charge in [-0.3, -0.25) is 9.59 Å². The van der Waals surface area contributed by atoms with Gasteiger partial charge in [0.2, 0.25) is 11.8 Å². The Morgan fingerprint density at radius 3 is 2.94 bits per heavy atom. The van der Waals surface area contributed by atoms with Crippen molar-refractivity contribution < 1.29 is 9.53 Å². The van der Waals surface area contributed by atoms with E-state index in [4.69, 9.17) is 4.74 Å². The molecule has 0 saturated carbocycles. The molecular weight excluding hydrogens is 418 g/mol. The first-order chi connectivity index (χ1) is 15.9. The Morgan fingerprint density at radius 2 is 2.21 bits per heavy atom. The van der Waals surface area contributed by atoms with Gasteiger partial charge in [0.1, 0.15) is 5.69 Å². The standard InChI is InChI=1S/C25H35N5O3/c1-5-30(21-8-7-13-29(17-21)24(31)9-6-11-26-18(2)3)22-14-20(16-28-25(22)32)19-10-12-27-23(15-19)33-4/h6,9-10,12,14-16,18,21,26H,5,7-8,11,13,17H2,1-4H3,(H,28,32)/b9-6+. The number of carbonyl (C=O) groups excluding carboxylic acids is 1. The van der Waals surface area contributed by atoms with Gasteiger partial charge in [0.15, 0.2) is 0 Å². The summed E-state index contributed by atoms with van der Waals surface area (Å²) in [4.78, 5) is 36.5. The summed E-state index contributed by atoms with van der Waals surface area (Å²) in [6.45, 7) is 8.87. The molecule has 0 radical (unpaired) electrons. The monoisotopic (exact) mass is 453 g/mol. The van der Waals surface area contributed by atoms with Gasteiger partial charge < -0.3 is 24.8 Å². The molecule has 1 aliphatic heterocycles. The van der Waals surface area contributed by atoms with Crippen molar-refractivity contribution in [3.63, 3.8) is 0 Å². The van der Waals surface area contributed by atoms with Gasteiger partial charge in [-0.25, -0.2) is 4.98 Å². The Kier molecular flexibility index (Phi) is 8.65. The molecule has 33 heavy (non-hydrogen) atoms. The number of anilines is 1. The second-order valence-corrected chi connectivity index (χ2v) is 8.52. The van der Waals surface area contributed by atoms with Crippen LogP contribution in [0, 0.1) is 0 Å². The number of likely N-dealkylation sites (N-methyl/N-ethyl adjacent to an activating group) is 1. The van der Waals surface area contributed by atoms with Crippen molar-refractivity contribution in [3.8, 4) is 17.0 Å². The Labute approximate surface area is 195 Å². The lowest BCUT2D eigenvalue weighted by Gasteiger charge is -2.39. The molecule has 8 heteroatoms. The van der Waals surface area contributed by atoms with Gasteiger partial charge in [-0.1, -0.05) is 19.9 Å². The third kappa shape index (κ3) is 6.44. The quantitative estimate of drug-likeness (QED) is 0.568. The second-order valence-electron chi connectivity index (χ2n) is 8.52. The van der Waals surface area contributed by atoms with E-state index in [1.807, 2.05) is 36.1 Å². The zero-order chi connectivity index (χ0) is 23.8. The number of amides is 1. The number of carbonyl (C=O) groups is 1. The zero-order valence-corrected chi connectivity index (χ0v) is 20.0. The predicted octanol–water partition coefficient (Wildman–Crippen LogP) is 2.82. The van der Waals surface area contributed by atoms with E-state index in [-0.39, 0.29) is 17.5 Å². The molecule has 2 aromatic rings. The zero-order valence-electron chi connectivity index (χ0n) is 20.0. The molecule has 1 atom stereocenters. The fourth-order valence-corrected chi connectivity index (χ4v) is 4.16. The number of likely N-dealkylation sites (tertiary alicyclic amines) is 1. The third-order valence-corrected chi connectivity index (χ3v) is 5.86. The van der Waals surface area contributed by atoms with E-state index in [0.29, 0.717) is 37.2 Å². The van der Waals surface area contributed by atoms with Crippen molar-refractivity contribution >= 4 is 11.6 Å². The first-order valence-corrected chi connectivity index (χ1v) is 11.6. The molecule has 1 fully saturated rings. The van der Waals surface area contributed by atoms with Crippen molar-refractivity contribution in [1.29, 1.82) is 0 Å². The van der Waals surface area contributed by atoms with Crippen LogP contribution >= 0.6 is 0 Å². The maximum Gasteiger partial charge on any atom is 0.271 e. The van der Waals surface area contributed by atoms with Crippen LogP contribution in [-0.2, 0) is 4.79 Å². The van der Waals surface area contributed by atoms with Gasteiger partial charge in [-0.05, 0) is 37.5 Å². The number of rotatable bonds is 9. The second kappa shape index (κ2) is 11.7. The summed E-state index contributed by atoms with van der Waals surface area (Å²) in [5.74, 6) is 0.540. The predicted molar refractivity (Wildman–Crippen MR) is 132 cm³/mol. The van der Waals surface area contributed by atoms with Crippen LogP contribution in [0.4, 0.5) is 5.69 Å². The lowest BCUT2D eigenvalue weighted by molar-refractivity contribution is -0.127. The smallest absolute Gasteiger partial charge is 0.271 e. The van der Waals surface area contributed by atoms with E-state index >= 15 is 0 Å². The largest absolute Gasteiger partial charge is 0.481 e. The summed E-state index contributed by atoms with van der Waals surface area (Å²) >= 11 is 0. The average molecular weight is 454 g/mol. The van der Waals surface area contributed by atoms with E-state index in [0.717, 1.165) is 30.5 Å². The highest BCUT2D eigenvalue weighted by atomic mass is 16.5. The molecule has 2 aromatic heterocycles. The third-order valence-electron chi connectivity index (χ3n) is 5.86. The van der Waals surface area contributed by atoms with Crippen molar-refractivity contribution in [2.24, 2.45) is 0 Å². The van der Waals surface area contributed by atoms with Crippen LogP contribution in [0.2, 0.25) is 0 Å². The average Bonchev–Trinajstić information content (AvgIpc) is 2.83. The Hall–Kier alpha value is -3.13. The number of ether oxygens (including phenoxy) is 1. The maximum absolute atomic E-state index is 12.8. The number of methoxy groups -OCH3 is 1. The summed E-state index contributed by atoms with van der Waals surface area (Å²) in [5, 5.41) is 3.28. The Morgan fingerprint density at radius 1 is 1.39 bits per heavy atom. The molecule has 0 bridgehead atoms. The van der Waals surface area contributed by atoms with Crippen LogP contribution in [0.25, 0.3) is 11.1 Å². The Balaban J connectivity index is 1.78. The summed E-state index contributed by atoms with van der Waals surface area (Å²) in [5.41, 5.74) is 2.27. The van der Waals surface area contributed by atoms with E-state index < -0.39 is 0 Å². The number of piperidine rings is 1.